The molecule has 0 amide bonds. The second-order valence-corrected chi connectivity index (χ2v) is 5.30. The van der Waals surface area contributed by atoms with Crippen LogP contribution in [0, 0.1) is 0 Å². The molecule has 0 saturated heterocycles. The van der Waals surface area contributed by atoms with Crippen molar-refractivity contribution < 1.29 is 9.90 Å². The molecular formula is C13H16ClNO2. The standard InChI is InChI=1S/C13H16ClNO2/c1-13(6-2-3-7-13)15-9-4-5-10(12(16)17)11(14)8-9/h4-5,8,15H,2-3,6-7H2,1H3,(H,16,17). The van der Waals surface area contributed by atoms with Crippen molar-refractivity contribution in [2.45, 2.75) is 38.1 Å². The minimum absolute atomic E-state index is 0.119. The number of benzene rings is 1. The zero-order chi connectivity index (χ0) is 12.5. The monoisotopic (exact) mass is 253 g/mol. The molecule has 0 aliphatic heterocycles. The molecule has 1 aliphatic carbocycles. The number of nitrogens with one attached hydrogen (secondary N) is 1. The van der Waals surface area contributed by atoms with E-state index in [9.17, 15) is 4.79 Å². The molecule has 0 aromatic heterocycles. The van der Waals surface area contributed by atoms with Crippen molar-refractivity contribution in [2.75, 3.05) is 5.32 Å². The average molecular weight is 254 g/mol. The molecule has 2 rings (SSSR count). The molecule has 0 spiro atoms. The van der Waals surface area contributed by atoms with Gasteiger partial charge in [-0.2, -0.15) is 0 Å². The highest BCUT2D eigenvalue weighted by atomic mass is 35.5. The quantitative estimate of drug-likeness (QED) is 0.862. The van der Waals surface area contributed by atoms with Crippen LogP contribution < -0.4 is 5.32 Å². The van der Waals surface area contributed by atoms with E-state index in [2.05, 4.69) is 12.2 Å². The molecule has 1 aromatic rings. The van der Waals surface area contributed by atoms with Gasteiger partial charge in [-0.05, 0) is 38.0 Å². The number of hydrogen-bond acceptors (Lipinski definition) is 2. The van der Waals surface area contributed by atoms with Gasteiger partial charge in [0.25, 0.3) is 0 Å². The topological polar surface area (TPSA) is 49.3 Å². The van der Waals surface area contributed by atoms with Crippen molar-refractivity contribution in [2.24, 2.45) is 0 Å². The summed E-state index contributed by atoms with van der Waals surface area (Å²) in [6.07, 6.45) is 4.77. The first-order valence-corrected chi connectivity index (χ1v) is 6.19. The summed E-state index contributed by atoms with van der Waals surface area (Å²) in [5, 5.41) is 12.6. The van der Waals surface area contributed by atoms with Gasteiger partial charge in [-0.15, -0.1) is 0 Å². The Morgan fingerprint density at radius 2 is 2.06 bits per heavy atom. The molecule has 0 bridgehead atoms. The highest BCUT2D eigenvalue weighted by Crippen LogP contribution is 2.33. The first kappa shape index (κ1) is 12.2. The summed E-state index contributed by atoms with van der Waals surface area (Å²) >= 11 is 5.93. The third-order valence-corrected chi connectivity index (χ3v) is 3.67. The molecular weight excluding hydrogens is 238 g/mol. The SMILES string of the molecule is CC1(Nc2ccc(C(=O)O)c(Cl)c2)CCCC1. The van der Waals surface area contributed by atoms with E-state index in [1.807, 2.05) is 0 Å². The van der Waals surface area contributed by atoms with Crippen molar-refractivity contribution in [3.63, 3.8) is 0 Å². The number of carboxylic acid groups (broad SMARTS) is 1. The van der Waals surface area contributed by atoms with Crippen LogP contribution in [-0.2, 0) is 0 Å². The fraction of sp³-hybridized carbons (Fsp3) is 0.462. The Hall–Kier alpha value is -1.22. The van der Waals surface area contributed by atoms with E-state index in [1.165, 1.54) is 12.8 Å². The van der Waals surface area contributed by atoms with Crippen LogP contribution in [0.5, 0.6) is 0 Å². The van der Waals surface area contributed by atoms with Crippen molar-refractivity contribution in [1.82, 2.24) is 0 Å². The van der Waals surface area contributed by atoms with Gasteiger partial charge in [0.15, 0.2) is 0 Å². The summed E-state index contributed by atoms with van der Waals surface area (Å²) in [7, 11) is 0. The van der Waals surface area contributed by atoms with Gasteiger partial charge in [0, 0.05) is 11.2 Å². The number of carbonyl (C=O) groups is 1. The lowest BCUT2D eigenvalue weighted by atomic mass is 10.00. The average Bonchev–Trinajstić information content (AvgIpc) is 2.64. The Morgan fingerprint density at radius 1 is 1.41 bits per heavy atom. The van der Waals surface area contributed by atoms with Gasteiger partial charge in [0.05, 0.1) is 10.6 Å². The van der Waals surface area contributed by atoms with Gasteiger partial charge in [-0.3, -0.25) is 0 Å². The third-order valence-electron chi connectivity index (χ3n) is 3.35. The van der Waals surface area contributed by atoms with Crippen LogP contribution in [0.15, 0.2) is 18.2 Å². The molecule has 4 heteroatoms. The largest absolute Gasteiger partial charge is 0.478 e. The van der Waals surface area contributed by atoms with Crippen LogP contribution in [0.25, 0.3) is 0 Å². The highest BCUT2D eigenvalue weighted by molar-refractivity contribution is 6.33. The van der Waals surface area contributed by atoms with Gasteiger partial charge in [0.2, 0.25) is 0 Å². The van der Waals surface area contributed by atoms with E-state index < -0.39 is 5.97 Å². The first-order chi connectivity index (χ1) is 8.00. The smallest absolute Gasteiger partial charge is 0.337 e. The van der Waals surface area contributed by atoms with Crippen molar-refractivity contribution >= 4 is 23.3 Å². The van der Waals surface area contributed by atoms with Gasteiger partial charge in [0.1, 0.15) is 0 Å². The van der Waals surface area contributed by atoms with Crippen LogP contribution in [0.3, 0.4) is 0 Å². The fourth-order valence-electron chi connectivity index (χ4n) is 2.40. The second-order valence-electron chi connectivity index (χ2n) is 4.89. The molecule has 92 valence electrons. The molecule has 1 saturated carbocycles. The van der Waals surface area contributed by atoms with E-state index in [0.29, 0.717) is 0 Å². The van der Waals surface area contributed by atoms with Crippen LogP contribution >= 0.6 is 11.6 Å². The van der Waals surface area contributed by atoms with Gasteiger partial charge in [-0.1, -0.05) is 24.4 Å². The number of carboxylic acids is 1. The number of aromatic carboxylic acids is 1. The summed E-state index contributed by atoms with van der Waals surface area (Å²) in [6.45, 7) is 2.19. The second kappa shape index (κ2) is 4.57. The Morgan fingerprint density at radius 3 is 2.59 bits per heavy atom. The Labute approximate surface area is 106 Å². The summed E-state index contributed by atoms with van der Waals surface area (Å²) in [5.74, 6) is -0.992. The van der Waals surface area contributed by atoms with E-state index in [-0.39, 0.29) is 16.1 Å². The molecule has 1 fully saturated rings. The molecule has 1 aromatic carbocycles. The van der Waals surface area contributed by atoms with Crippen molar-refractivity contribution in [1.29, 1.82) is 0 Å². The summed E-state index contributed by atoms with van der Waals surface area (Å²) in [6, 6.07) is 5.01. The number of rotatable bonds is 3. The molecule has 0 unspecified atom stereocenters. The zero-order valence-electron chi connectivity index (χ0n) is 9.79. The molecule has 3 nitrogen and oxygen atoms in total. The third kappa shape index (κ3) is 2.72. The van der Waals surface area contributed by atoms with Gasteiger partial charge in [-0.25, -0.2) is 4.79 Å². The Kier molecular flexibility index (Phi) is 3.29. The van der Waals surface area contributed by atoms with Crippen molar-refractivity contribution in [3.05, 3.63) is 28.8 Å². The van der Waals surface area contributed by atoms with Crippen molar-refractivity contribution in [3.8, 4) is 0 Å². The number of hydrogen-bond donors (Lipinski definition) is 2. The lowest BCUT2D eigenvalue weighted by Crippen LogP contribution is -2.30. The highest BCUT2D eigenvalue weighted by Gasteiger charge is 2.28. The fourth-order valence-corrected chi connectivity index (χ4v) is 2.66. The molecule has 2 N–H and O–H groups in total. The van der Waals surface area contributed by atoms with Gasteiger partial charge >= 0.3 is 5.97 Å². The lowest BCUT2D eigenvalue weighted by Gasteiger charge is -2.26. The van der Waals surface area contributed by atoms with E-state index in [4.69, 9.17) is 16.7 Å². The minimum atomic E-state index is -0.992. The van der Waals surface area contributed by atoms with Crippen LogP contribution in [-0.4, -0.2) is 16.6 Å². The molecule has 0 radical (unpaired) electrons. The normalized spacial score (nSPS) is 18.0. The van der Waals surface area contributed by atoms with Crippen LogP contribution in [0.4, 0.5) is 5.69 Å². The zero-order valence-corrected chi connectivity index (χ0v) is 10.5. The predicted molar refractivity (Wildman–Crippen MR) is 68.9 cm³/mol. The van der Waals surface area contributed by atoms with E-state index in [1.54, 1.807) is 18.2 Å². The van der Waals surface area contributed by atoms with Crippen LogP contribution in [0.1, 0.15) is 43.0 Å². The van der Waals surface area contributed by atoms with E-state index in [0.717, 1.165) is 18.5 Å². The maximum atomic E-state index is 10.8. The molecule has 17 heavy (non-hydrogen) atoms. The maximum Gasteiger partial charge on any atom is 0.337 e. The summed E-state index contributed by atoms with van der Waals surface area (Å²) in [4.78, 5) is 10.8. The van der Waals surface area contributed by atoms with Gasteiger partial charge < -0.3 is 10.4 Å². The Bertz CT molecular complexity index is 439. The molecule has 0 atom stereocenters. The maximum absolute atomic E-state index is 10.8. The Balaban J connectivity index is 2.17. The molecule has 1 aliphatic rings. The number of anilines is 1. The summed E-state index contributed by atoms with van der Waals surface area (Å²) < 4.78 is 0. The minimum Gasteiger partial charge on any atom is -0.478 e. The lowest BCUT2D eigenvalue weighted by molar-refractivity contribution is 0.0697. The molecule has 0 heterocycles. The first-order valence-electron chi connectivity index (χ1n) is 5.81. The summed E-state index contributed by atoms with van der Waals surface area (Å²) in [5.41, 5.74) is 1.16. The van der Waals surface area contributed by atoms with E-state index >= 15 is 0 Å². The van der Waals surface area contributed by atoms with Crippen LogP contribution in [0.2, 0.25) is 5.02 Å². The predicted octanol–water partition coefficient (Wildman–Crippen LogP) is 3.78. The number of halogens is 1.